The van der Waals surface area contributed by atoms with E-state index in [0.29, 0.717) is 0 Å². The van der Waals surface area contributed by atoms with Gasteiger partial charge in [0.25, 0.3) is 0 Å². The maximum atomic E-state index is 11.1. The molecule has 5 heteroatoms. The summed E-state index contributed by atoms with van der Waals surface area (Å²) < 4.78 is 9.10. The van der Waals surface area contributed by atoms with Crippen molar-refractivity contribution < 1.29 is 19.1 Å². The molecule has 0 aromatic carbocycles. The number of carbonyl (C=O) groups excluding carboxylic acids is 2. The zero-order valence-corrected chi connectivity index (χ0v) is 8.50. The average Bonchev–Trinajstić information content (AvgIpc) is 2.56. The van der Waals surface area contributed by atoms with Crippen LogP contribution >= 0.6 is 11.3 Å². The lowest BCUT2D eigenvalue weighted by Crippen LogP contribution is -2.12. The molecule has 1 rings (SSSR count). The summed E-state index contributed by atoms with van der Waals surface area (Å²) in [6.45, 7) is 0.951. The highest BCUT2D eigenvalue weighted by molar-refractivity contribution is 7.10. The zero-order valence-electron chi connectivity index (χ0n) is 7.69. The Hall–Kier alpha value is -1.36. The van der Waals surface area contributed by atoms with E-state index in [0.717, 1.165) is 4.88 Å². The van der Waals surface area contributed by atoms with Crippen molar-refractivity contribution in [1.29, 1.82) is 0 Å². The normalized spacial score (nSPS) is 9.50. The van der Waals surface area contributed by atoms with Crippen LogP contribution in [0.3, 0.4) is 0 Å². The Balaban J connectivity index is 2.20. The summed E-state index contributed by atoms with van der Waals surface area (Å²) in [5, 5.41) is 1.88. The summed E-state index contributed by atoms with van der Waals surface area (Å²) in [5.41, 5.74) is 0. The third-order valence-electron chi connectivity index (χ3n) is 1.38. The summed E-state index contributed by atoms with van der Waals surface area (Å²) in [5.74, 6) is -0.859. The smallest absolute Gasteiger partial charge is 0.313 e. The lowest BCUT2D eigenvalue weighted by atomic mass is 10.3. The Morgan fingerprint density at radius 3 is 2.79 bits per heavy atom. The molecule has 0 N–H and O–H groups in total. The van der Waals surface area contributed by atoms with Gasteiger partial charge in [-0.2, -0.15) is 0 Å². The second kappa shape index (κ2) is 5.39. The first-order valence-corrected chi connectivity index (χ1v) is 4.88. The molecule has 1 aromatic rings. The van der Waals surface area contributed by atoms with E-state index in [-0.39, 0.29) is 13.2 Å². The Morgan fingerprint density at radius 2 is 2.21 bits per heavy atom. The van der Waals surface area contributed by atoms with Crippen LogP contribution in [0.5, 0.6) is 0 Å². The second-order valence-corrected chi connectivity index (χ2v) is 3.56. The van der Waals surface area contributed by atoms with E-state index in [4.69, 9.17) is 0 Å². The largest absolute Gasteiger partial charge is 0.428 e. The highest BCUT2D eigenvalue weighted by atomic mass is 32.1. The van der Waals surface area contributed by atoms with Crippen LogP contribution in [0.25, 0.3) is 0 Å². The van der Waals surface area contributed by atoms with Gasteiger partial charge in [0.15, 0.2) is 0 Å². The van der Waals surface area contributed by atoms with Crippen molar-refractivity contribution in [2.45, 2.75) is 13.3 Å². The van der Waals surface area contributed by atoms with Gasteiger partial charge in [-0.25, -0.2) is 0 Å². The Labute approximate surface area is 85.4 Å². The maximum absolute atomic E-state index is 11.1. The van der Waals surface area contributed by atoms with Crippen LogP contribution in [-0.2, 0) is 25.5 Å². The van der Waals surface area contributed by atoms with Crippen molar-refractivity contribution in [3.8, 4) is 0 Å². The first kappa shape index (κ1) is 10.7. The molecule has 1 aromatic heterocycles. The number of thiophene rings is 1. The molecule has 0 spiro atoms. The minimum Gasteiger partial charge on any atom is -0.428 e. The molecule has 0 radical (unpaired) electrons. The average molecular weight is 214 g/mol. The maximum Gasteiger partial charge on any atom is 0.313 e. The number of hydrogen-bond donors (Lipinski definition) is 0. The Kier molecular flexibility index (Phi) is 4.12. The summed E-state index contributed by atoms with van der Waals surface area (Å²) >= 11 is 1.48. The van der Waals surface area contributed by atoms with Crippen LogP contribution in [0, 0.1) is 0 Å². The van der Waals surface area contributed by atoms with Gasteiger partial charge < -0.3 is 9.47 Å². The van der Waals surface area contributed by atoms with E-state index in [1.807, 2.05) is 17.5 Å². The molecule has 1 heterocycles. The van der Waals surface area contributed by atoms with Crippen LogP contribution in [0.4, 0.5) is 0 Å². The lowest BCUT2D eigenvalue weighted by molar-refractivity contribution is -0.165. The predicted octanol–water partition coefficient (Wildman–Crippen LogP) is 1.35. The van der Waals surface area contributed by atoms with Gasteiger partial charge in [0.2, 0.25) is 6.79 Å². The van der Waals surface area contributed by atoms with Crippen molar-refractivity contribution in [3.63, 3.8) is 0 Å². The quantitative estimate of drug-likeness (QED) is 0.561. The minimum absolute atomic E-state index is 0.221. The molecule has 0 saturated heterocycles. The van der Waals surface area contributed by atoms with Crippen LogP contribution in [0.15, 0.2) is 17.5 Å². The van der Waals surface area contributed by atoms with E-state index in [1.165, 1.54) is 18.3 Å². The molecule has 0 atom stereocenters. The molecule has 0 aliphatic carbocycles. The van der Waals surface area contributed by atoms with Gasteiger partial charge in [0.05, 0.1) is 6.42 Å². The Morgan fingerprint density at radius 1 is 1.43 bits per heavy atom. The zero-order chi connectivity index (χ0) is 10.4. The molecule has 0 unspecified atom stereocenters. The lowest BCUT2D eigenvalue weighted by Gasteiger charge is -2.02. The second-order valence-electron chi connectivity index (χ2n) is 2.53. The first-order valence-electron chi connectivity index (χ1n) is 4.00. The fourth-order valence-corrected chi connectivity index (χ4v) is 1.47. The van der Waals surface area contributed by atoms with Crippen LogP contribution in [0.1, 0.15) is 11.8 Å². The van der Waals surface area contributed by atoms with Crippen molar-refractivity contribution in [2.24, 2.45) is 0 Å². The fraction of sp³-hybridized carbons (Fsp3) is 0.333. The van der Waals surface area contributed by atoms with Gasteiger partial charge >= 0.3 is 11.9 Å². The summed E-state index contributed by atoms with van der Waals surface area (Å²) in [6, 6.07) is 3.71. The van der Waals surface area contributed by atoms with E-state index >= 15 is 0 Å². The summed E-state index contributed by atoms with van der Waals surface area (Å²) in [7, 11) is 0. The molecule has 4 nitrogen and oxygen atoms in total. The third-order valence-corrected chi connectivity index (χ3v) is 2.26. The number of esters is 2. The Bertz CT molecular complexity index is 305. The predicted molar refractivity (Wildman–Crippen MR) is 50.7 cm³/mol. The molecular weight excluding hydrogens is 204 g/mol. The SMILES string of the molecule is CC(=O)OCOC(=O)Cc1cccs1. The molecule has 0 aliphatic heterocycles. The number of hydrogen-bond acceptors (Lipinski definition) is 5. The molecule has 14 heavy (non-hydrogen) atoms. The van der Waals surface area contributed by atoms with Gasteiger partial charge in [-0.1, -0.05) is 6.07 Å². The molecule has 0 aliphatic rings. The topological polar surface area (TPSA) is 52.6 Å². The molecule has 0 bridgehead atoms. The van der Waals surface area contributed by atoms with Gasteiger partial charge in [-0.05, 0) is 11.4 Å². The highest BCUT2D eigenvalue weighted by Gasteiger charge is 2.05. The number of rotatable bonds is 4. The van der Waals surface area contributed by atoms with E-state index < -0.39 is 11.9 Å². The number of carbonyl (C=O) groups is 2. The fourth-order valence-electron chi connectivity index (χ4n) is 0.785. The third kappa shape index (κ3) is 4.04. The van der Waals surface area contributed by atoms with E-state index in [9.17, 15) is 9.59 Å². The van der Waals surface area contributed by atoms with Gasteiger partial charge in [0.1, 0.15) is 0 Å². The van der Waals surface area contributed by atoms with Crippen molar-refractivity contribution in [1.82, 2.24) is 0 Å². The van der Waals surface area contributed by atoms with Crippen LogP contribution in [-0.4, -0.2) is 18.7 Å². The van der Waals surface area contributed by atoms with Crippen molar-refractivity contribution in [2.75, 3.05) is 6.79 Å². The van der Waals surface area contributed by atoms with Gasteiger partial charge in [-0.15, -0.1) is 11.3 Å². The molecule has 76 valence electrons. The number of ether oxygens (including phenoxy) is 2. The van der Waals surface area contributed by atoms with Crippen molar-refractivity contribution >= 4 is 23.3 Å². The van der Waals surface area contributed by atoms with Crippen LogP contribution in [0.2, 0.25) is 0 Å². The monoisotopic (exact) mass is 214 g/mol. The van der Waals surface area contributed by atoms with Gasteiger partial charge in [-0.3, -0.25) is 9.59 Å². The summed E-state index contributed by atoms with van der Waals surface area (Å²) in [6.07, 6.45) is 0.221. The van der Waals surface area contributed by atoms with Crippen molar-refractivity contribution in [3.05, 3.63) is 22.4 Å². The van der Waals surface area contributed by atoms with Crippen LogP contribution < -0.4 is 0 Å². The van der Waals surface area contributed by atoms with E-state index in [2.05, 4.69) is 9.47 Å². The first-order chi connectivity index (χ1) is 6.68. The minimum atomic E-state index is -0.464. The van der Waals surface area contributed by atoms with E-state index in [1.54, 1.807) is 0 Å². The standard InChI is InChI=1S/C9H10O4S/c1-7(10)12-6-13-9(11)5-8-3-2-4-14-8/h2-4H,5-6H2,1H3. The summed E-state index contributed by atoms with van der Waals surface area (Å²) in [4.78, 5) is 22.3. The highest BCUT2D eigenvalue weighted by Crippen LogP contribution is 2.09. The molecular formula is C9H10O4S. The van der Waals surface area contributed by atoms with Gasteiger partial charge in [0, 0.05) is 11.8 Å². The molecule has 0 fully saturated rings. The molecule has 0 amide bonds. The molecule has 0 saturated carbocycles.